The number of nitrogens with zero attached hydrogens (tertiary/aromatic N) is 4. The highest BCUT2D eigenvalue weighted by atomic mass is 16.5. The van der Waals surface area contributed by atoms with Gasteiger partial charge in [-0.1, -0.05) is 60.7 Å². The third-order valence-electron chi connectivity index (χ3n) is 4.37. The van der Waals surface area contributed by atoms with Crippen molar-refractivity contribution >= 4 is 18.0 Å². The van der Waals surface area contributed by atoms with Gasteiger partial charge in [-0.25, -0.2) is 14.5 Å². The van der Waals surface area contributed by atoms with Crippen LogP contribution in [0.4, 0.5) is 0 Å². The number of rotatable bonds is 5. The van der Waals surface area contributed by atoms with Gasteiger partial charge in [-0.3, -0.25) is 9.81 Å². The number of nitrogens with one attached hydrogen (secondary N) is 1. The molecular weight excluding hydrogens is 366 g/mol. The van der Waals surface area contributed by atoms with Crippen molar-refractivity contribution in [3.05, 3.63) is 89.7 Å². The predicted molar refractivity (Wildman–Crippen MR) is 110 cm³/mol. The number of imidazole rings is 1. The van der Waals surface area contributed by atoms with E-state index in [1.807, 2.05) is 60.7 Å². The molecule has 4 aromatic rings. The van der Waals surface area contributed by atoms with Gasteiger partial charge in [0.25, 0.3) is 0 Å². The fourth-order valence-corrected chi connectivity index (χ4v) is 3.01. The van der Waals surface area contributed by atoms with E-state index in [-0.39, 0.29) is 17.7 Å². The maximum atomic E-state index is 12.2. The molecule has 0 bridgehead atoms. The first-order valence-electron chi connectivity index (χ1n) is 9.18. The lowest BCUT2D eigenvalue weighted by molar-refractivity contribution is 0.0523. The zero-order valence-electron chi connectivity index (χ0n) is 15.8. The molecule has 2 aromatic heterocycles. The fraction of sp³-hybridized carbons (Fsp3) is 0.0909. The second-order valence-electron chi connectivity index (χ2n) is 6.26. The average molecular weight is 385 g/mol. The van der Waals surface area contributed by atoms with Crippen LogP contribution >= 0.6 is 0 Å². The molecule has 0 aliphatic rings. The largest absolute Gasteiger partial charge is 0.462 e. The molecule has 0 fully saturated rings. The molecule has 4 rings (SSSR count). The Bertz CT molecular complexity index is 1240. The van der Waals surface area contributed by atoms with E-state index in [0.717, 1.165) is 11.1 Å². The van der Waals surface area contributed by atoms with Crippen LogP contribution in [-0.2, 0) is 4.74 Å². The normalized spacial score (nSPS) is 11.2. The second kappa shape index (κ2) is 7.93. The Kier molecular flexibility index (Phi) is 5.03. The first kappa shape index (κ1) is 18.4. The molecule has 7 nitrogen and oxygen atoms in total. The van der Waals surface area contributed by atoms with Crippen LogP contribution in [0.15, 0.2) is 78.2 Å². The van der Waals surface area contributed by atoms with Crippen molar-refractivity contribution in [1.29, 1.82) is 5.41 Å². The van der Waals surface area contributed by atoms with E-state index in [2.05, 4.69) is 10.1 Å². The molecule has 2 aromatic carbocycles. The lowest BCUT2D eigenvalue weighted by Crippen LogP contribution is -2.24. The Balaban J connectivity index is 1.92. The Morgan fingerprint density at radius 3 is 2.52 bits per heavy atom. The summed E-state index contributed by atoms with van der Waals surface area (Å²) < 4.78 is 8.27. The van der Waals surface area contributed by atoms with E-state index >= 15 is 0 Å². The number of ether oxygens (including phenoxy) is 1. The molecular formula is C22H19N5O2. The highest BCUT2D eigenvalue weighted by Crippen LogP contribution is 2.20. The van der Waals surface area contributed by atoms with Gasteiger partial charge in [-0.2, -0.15) is 5.10 Å². The van der Waals surface area contributed by atoms with Crippen LogP contribution in [0, 0.1) is 5.41 Å². The van der Waals surface area contributed by atoms with E-state index in [4.69, 9.17) is 10.1 Å². The Labute approximate surface area is 167 Å². The van der Waals surface area contributed by atoms with Crippen LogP contribution in [0.5, 0.6) is 0 Å². The average Bonchev–Trinajstić information content (AvgIpc) is 3.13. The minimum Gasteiger partial charge on any atom is -0.462 e. The molecule has 0 unspecified atom stereocenters. The standard InChI is InChI=1S/C22H19N5O2/c1-2-29-21(28)18-14-24-22-26(25-13-16-9-5-3-6-10-16)15-19(27(22)20(18)23)17-11-7-4-8-12-17/h3-15,23H,2H2,1H3/b23-20?,25-13+. The third-order valence-corrected chi connectivity index (χ3v) is 4.37. The Morgan fingerprint density at radius 1 is 1.14 bits per heavy atom. The summed E-state index contributed by atoms with van der Waals surface area (Å²) in [5.41, 5.74) is 2.63. The van der Waals surface area contributed by atoms with Gasteiger partial charge in [0.15, 0.2) is 0 Å². The van der Waals surface area contributed by atoms with Crippen LogP contribution in [-0.4, -0.2) is 32.9 Å². The molecule has 1 N–H and O–H groups in total. The van der Waals surface area contributed by atoms with Crippen LogP contribution < -0.4 is 5.49 Å². The van der Waals surface area contributed by atoms with Gasteiger partial charge in [-0.05, 0) is 12.5 Å². The highest BCUT2D eigenvalue weighted by Gasteiger charge is 2.17. The number of hydrogen-bond acceptors (Lipinski definition) is 5. The van der Waals surface area contributed by atoms with E-state index < -0.39 is 5.97 Å². The molecule has 2 heterocycles. The van der Waals surface area contributed by atoms with Gasteiger partial charge in [0.1, 0.15) is 11.1 Å². The minimum atomic E-state index is -0.570. The smallest absolute Gasteiger partial charge is 0.343 e. The van der Waals surface area contributed by atoms with Crippen LogP contribution in [0.1, 0.15) is 22.8 Å². The Morgan fingerprint density at radius 2 is 1.83 bits per heavy atom. The molecule has 0 atom stereocenters. The summed E-state index contributed by atoms with van der Waals surface area (Å²) in [4.78, 5) is 16.6. The molecule has 7 heteroatoms. The maximum Gasteiger partial charge on any atom is 0.343 e. The fourth-order valence-electron chi connectivity index (χ4n) is 3.01. The van der Waals surface area contributed by atoms with Crippen molar-refractivity contribution in [3.63, 3.8) is 0 Å². The maximum absolute atomic E-state index is 12.2. The van der Waals surface area contributed by atoms with E-state index in [0.29, 0.717) is 11.5 Å². The number of carbonyl (C=O) groups is 1. The molecule has 0 saturated carbocycles. The van der Waals surface area contributed by atoms with Crippen molar-refractivity contribution in [3.8, 4) is 11.3 Å². The quantitative estimate of drug-likeness (QED) is 0.422. The summed E-state index contributed by atoms with van der Waals surface area (Å²) in [5, 5.41) is 13.1. The Hall–Kier alpha value is -4.00. The van der Waals surface area contributed by atoms with Crippen molar-refractivity contribution in [2.24, 2.45) is 5.10 Å². The van der Waals surface area contributed by atoms with Crippen molar-refractivity contribution in [2.45, 2.75) is 6.92 Å². The number of aromatic nitrogens is 3. The van der Waals surface area contributed by atoms with Crippen molar-refractivity contribution in [2.75, 3.05) is 6.61 Å². The number of hydrogen-bond donors (Lipinski definition) is 1. The molecule has 0 amide bonds. The molecule has 0 aliphatic carbocycles. The molecule has 0 radical (unpaired) electrons. The number of esters is 1. The molecule has 0 spiro atoms. The number of benzene rings is 2. The van der Waals surface area contributed by atoms with Gasteiger partial charge >= 0.3 is 5.97 Å². The van der Waals surface area contributed by atoms with Crippen LogP contribution in [0.25, 0.3) is 17.0 Å². The third kappa shape index (κ3) is 3.58. The summed E-state index contributed by atoms with van der Waals surface area (Å²) in [7, 11) is 0. The number of fused-ring (bicyclic) bond motifs is 1. The first-order valence-corrected chi connectivity index (χ1v) is 9.18. The highest BCUT2D eigenvalue weighted by molar-refractivity contribution is 5.89. The number of carbonyl (C=O) groups excluding carboxylic acids is 1. The van der Waals surface area contributed by atoms with E-state index in [1.54, 1.807) is 28.4 Å². The molecule has 29 heavy (non-hydrogen) atoms. The zero-order chi connectivity index (χ0) is 20.2. The lowest BCUT2D eigenvalue weighted by atomic mass is 10.2. The van der Waals surface area contributed by atoms with Gasteiger partial charge in [0.2, 0.25) is 5.78 Å². The van der Waals surface area contributed by atoms with Crippen molar-refractivity contribution in [1.82, 2.24) is 14.1 Å². The summed E-state index contributed by atoms with van der Waals surface area (Å²) in [5.74, 6) is -0.145. The summed E-state index contributed by atoms with van der Waals surface area (Å²) in [6.07, 6.45) is 4.88. The molecule has 144 valence electrons. The SMILES string of the molecule is CCOC(=O)c1cnc2n(/N=C/c3ccccc3)cc(-c3ccccc3)n2c1=N. The minimum absolute atomic E-state index is 0.000893. The lowest BCUT2D eigenvalue weighted by Gasteiger charge is -2.05. The van der Waals surface area contributed by atoms with E-state index in [1.165, 1.54) is 6.20 Å². The zero-order valence-corrected chi connectivity index (χ0v) is 15.8. The first-order chi connectivity index (χ1) is 14.2. The van der Waals surface area contributed by atoms with Gasteiger partial charge in [0.05, 0.1) is 24.7 Å². The second-order valence-corrected chi connectivity index (χ2v) is 6.26. The molecule has 0 aliphatic heterocycles. The van der Waals surface area contributed by atoms with Gasteiger partial charge in [-0.15, -0.1) is 0 Å². The van der Waals surface area contributed by atoms with Crippen LogP contribution in [0.3, 0.4) is 0 Å². The van der Waals surface area contributed by atoms with Gasteiger partial charge in [0, 0.05) is 11.8 Å². The summed E-state index contributed by atoms with van der Waals surface area (Å²) in [6.45, 7) is 1.96. The van der Waals surface area contributed by atoms with E-state index in [9.17, 15) is 4.79 Å². The van der Waals surface area contributed by atoms with Crippen molar-refractivity contribution < 1.29 is 9.53 Å². The topological polar surface area (TPSA) is 84.7 Å². The molecule has 0 saturated heterocycles. The summed E-state index contributed by atoms with van der Waals surface area (Å²) in [6, 6.07) is 19.3. The summed E-state index contributed by atoms with van der Waals surface area (Å²) >= 11 is 0. The van der Waals surface area contributed by atoms with Crippen LogP contribution in [0.2, 0.25) is 0 Å². The van der Waals surface area contributed by atoms with Gasteiger partial charge < -0.3 is 4.74 Å². The monoisotopic (exact) mass is 385 g/mol. The predicted octanol–water partition coefficient (Wildman–Crippen LogP) is 3.34.